The van der Waals surface area contributed by atoms with E-state index in [1.165, 1.54) is 0 Å². The summed E-state index contributed by atoms with van der Waals surface area (Å²) in [6, 6.07) is 0.274. The van der Waals surface area contributed by atoms with Gasteiger partial charge in [0.15, 0.2) is 0 Å². The van der Waals surface area contributed by atoms with Crippen LogP contribution in [0.1, 0.15) is 13.8 Å². The summed E-state index contributed by atoms with van der Waals surface area (Å²) in [6.07, 6.45) is 8.56. The van der Waals surface area contributed by atoms with Crippen LogP contribution < -0.4 is 5.73 Å². The van der Waals surface area contributed by atoms with E-state index in [9.17, 15) is 0 Å². The third-order valence-electron chi connectivity index (χ3n) is 2.07. The molecular formula is C9H15N. The second-order valence-corrected chi connectivity index (χ2v) is 3.07. The highest BCUT2D eigenvalue weighted by Gasteiger charge is 2.16. The van der Waals surface area contributed by atoms with Gasteiger partial charge in [0, 0.05) is 6.04 Å². The Morgan fingerprint density at radius 1 is 1.30 bits per heavy atom. The number of hydrogen-bond acceptors (Lipinski definition) is 1. The van der Waals surface area contributed by atoms with Gasteiger partial charge in [-0.05, 0) is 18.8 Å². The molecule has 0 aromatic rings. The zero-order valence-corrected chi connectivity index (χ0v) is 6.62. The van der Waals surface area contributed by atoms with Crippen LogP contribution in [0.3, 0.4) is 0 Å². The summed E-state index contributed by atoms with van der Waals surface area (Å²) >= 11 is 0. The van der Waals surface area contributed by atoms with Crippen molar-refractivity contribution in [2.75, 3.05) is 0 Å². The van der Waals surface area contributed by atoms with Crippen LogP contribution in [0.15, 0.2) is 24.3 Å². The normalized spacial score (nSPS) is 34.3. The zero-order valence-electron chi connectivity index (χ0n) is 6.62. The average molecular weight is 137 g/mol. The van der Waals surface area contributed by atoms with Crippen LogP contribution in [0.25, 0.3) is 0 Å². The zero-order chi connectivity index (χ0) is 7.56. The Labute approximate surface area is 62.6 Å². The molecule has 3 atom stereocenters. The minimum absolute atomic E-state index is 0.274. The van der Waals surface area contributed by atoms with Crippen LogP contribution >= 0.6 is 0 Å². The molecule has 56 valence electrons. The Hall–Kier alpha value is -0.560. The van der Waals surface area contributed by atoms with Gasteiger partial charge in [0.2, 0.25) is 0 Å². The number of rotatable bonds is 1. The van der Waals surface area contributed by atoms with Crippen molar-refractivity contribution in [1.82, 2.24) is 0 Å². The lowest BCUT2D eigenvalue weighted by Gasteiger charge is -2.23. The Morgan fingerprint density at radius 3 is 2.30 bits per heavy atom. The maximum Gasteiger partial charge on any atom is 0.00790 e. The number of nitrogens with two attached hydrogens (primary N) is 1. The van der Waals surface area contributed by atoms with Crippen LogP contribution in [0.4, 0.5) is 0 Å². The highest BCUT2D eigenvalue weighted by atomic mass is 14.6. The second kappa shape index (κ2) is 3.02. The fourth-order valence-electron chi connectivity index (χ4n) is 1.39. The molecule has 1 aliphatic carbocycles. The monoisotopic (exact) mass is 137 g/mol. The van der Waals surface area contributed by atoms with Crippen molar-refractivity contribution in [3.05, 3.63) is 24.3 Å². The summed E-state index contributed by atoms with van der Waals surface area (Å²) in [5.41, 5.74) is 5.77. The smallest absolute Gasteiger partial charge is 0.00790 e. The quantitative estimate of drug-likeness (QED) is 0.585. The first-order valence-electron chi connectivity index (χ1n) is 3.82. The van der Waals surface area contributed by atoms with Crippen molar-refractivity contribution >= 4 is 0 Å². The van der Waals surface area contributed by atoms with Crippen molar-refractivity contribution in [2.24, 2.45) is 17.6 Å². The SMILES string of the molecule is CC1C=CC=CC1[C@@H](C)N. The van der Waals surface area contributed by atoms with Gasteiger partial charge in [-0.1, -0.05) is 31.2 Å². The second-order valence-electron chi connectivity index (χ2n) is 3.07. The molecular weight excluding hydrogens is 122 g/mol. The van der Waals surface area contributed by atoms with Gasteiger partial charge in [-0.25, -0.2) is 0 Å². The van der Waals surface area contributed by atoms with Crippen LogP contribution in [-0.4, -0.2) is 6.04 Å². The molecule has 0 aromatic carbocycles. The summed E-state index contributed by atoms with van der Waals surface area (Å²) in [6.45, 7) is 4.26. The standard InChI is InChI=1S/C9H15N/c1-7-5-3-4-6-9(7)8(2)10/h3-9H,10H2,1-2H3/t7?,8-,9?/m1/s1. The molecule has 0 radical (unpaired) electrons. The predicted molar refractivity (Wildman–Crippen MR) is 44.6 cm³/mol. The van der Waals surface area contributed by atoms with E-state index in [0.29, 0.717) is 11.8 Å². The molecule has 0 aromatic heterocycles. The molecule has 1 nitrogen and oxygen atoms in total. The summed E-state index contributed by atoms with van der Waals surface area (Å²) in [7, 11) is 0. The minimum atomic E-state index is 0.274. The van der Waals surface area contributed by atoms with Gasteiger partial charge in [-0.2, -0.15) is 0 Å². The van der Waals surface area contributed by atoms with Crippen molar-refractivity contribution in [1.29, 1.82) is 0 Å². The summed E-state index contributed by atoms with van der Waals surface area (Å²) in [4.78, 5) is 0. The molecule has 0 spiro atoms. The minimum Gasteiger partial charge on any atom is -0.327 e. The number of hydrogen-bond donors (Lipinski definition) is 1. The average Bonchev–Trinajstić information content (AvgIpc) is 1.88. The van der Waals surface area contributed by atoms with Gasteiger partial charge >= 0.3 is 0 Å². The first kappa shape index (κ1) is 7.55. The molecule has 1 heteroatoms. The first-order valence-corrected chi connectivity index (χ1v) is 3.82. The van der Waals surface area contributed by atoms with Crippen molar-refractivity contribution in [3.63, 3.8) is 0 Å². The van der Waals surface area contributed by atoms with Gasteiger partial charge in [0.1, 0.15) is 0 Å². The molecule has 1 aliphatic rings. The summed E-state index contributed by atoms with van der Waals surface area (Å²) in [5.74, 6) is 1.13. The highest BCUT2D eigenvalue weighted by Crippen LogP contribution is 2.20. The van der Waals surface area contributed by atoms with Crippen molar-refractivity contribution < 1.29 is 0 Å². The van der Waals surface area contributed by atoms with E-state index in [-0.39, 0.29) is 6.04 Å². The number of allylic oxidation sites excluding steroid dienone is 3. The lowest BCUT2D eigenvalue weighted by molar-refractivity contribution is 0.435. The van der Waals surface area contributed by atoms with Gasteiger partial charge in [-0.3, -0.25) is 0 Å². The summed E-state index contributed by atoms with van der Waals surface area (Å²) in [5, 5.41) is 0. The highest BCUT2D eigenvalue weighted by molar-refractivity contribution is 5.14. The van der Waals surface area contributed by atoms with E-state index in [1.54, 1.807) is 0 Å². The third kappa shape index (κ3) is 1.48. The molecule has 10 heavy (non-hydrogen) atoms. The largest absolute Gasteiger partial charge is 0.327 e. The van der Waals surface area contributed by atoms with E-state index in [4.69, 9.17) is 5.73 Å². The Balaban J connectivity index is 2.61. The topological polar surface area (TPSA) is 26.0 Å². The molecule has 0 heterocycles. The maximum absolute atomic E-state index is 5.77. The molecule has 0 aliphatic heterocycles. The molecule has 2 unspecified atom stereocenters. The molecule has 0 bridgehead atoms. The first-order chi connectivity index (χ1) is 4.72. The fraction of sp³-hybridized carbons (Fsp3) is 0.556. The summed E-state index contributed by atoms with van der Waals surface area (Å²) < 4.78 is 0. The fourth-order valence-corrected chi connectivity index (χ4v) is 1.39. The maximum atomic E-state index is 5.77. The molecule has 2 N–H and O–H groups in total. The van der Waals surface area contributed by atoms with Gasteiger partial charge in [0.25, 0.3) is 0 Å². The van der Waals surface area contributed by atoms with E-state index in [0.717, 1.165) is 0 Å². The Morgan fingerprint density at radius 2 is 1.90 bits per heavy atom. The molecule has 1 rings (SSSR count). The Bertz CT molecular complexity index is 156. The van der Waals surface area contributed by atoms with Gasteiger partial charge in [0.05, 0.1) is 0 Å². The van der Waals surface area contributed by atoms with E-state index >= 15 is 0 Å². The third-order valence-corrected chi connectivity index (χ3v) is 2.07. The lowest BCUT2D eigenvalue weighted by Crippen LogP contribution is -2.29. The molecule has 0 amide bonds. The molecule has 0 saturated carbocycles. The van der Waals surface area contributed by atoms with E-state index < -0.39 is 0 Å². The Kier molecular flexibility index (Phi) is 2.28. The van der Waals surface area contributed by atoms with Crippen molar-refractivity contribution in [3.8, 4) is 0 Å². The molecule has 0 saturated heterocycles. The van der Waals surface area contributed by atoms with Crippen LogP contribution in [-0.2, 0) is 0 Å². The van der Waals surface area contributed by atoms with Gasteiger partial charge < -0.3 is 5.73 Å². The van der Waals surface area contributed by atoms with Crippen molar-refractivity contribution in [2.45, 2.75) is 19.9 Å². The van der Waals surface area contributed by atoms with E-state index in [1.807, 2.05) is 0 Å². The lowest BCUT2D eigenvalue weighted by atomic mass is 9.85. The van der Waals surface area contributed by atoms with Crippen LogP contribution in [0, 0.1) is 11.8 Å². The predicted octanol–water partition coefficient (Wildman–Crippen LogP) is 1.71. The molecule has 0 fully saturated rings. The van der Waals surface area contributed by atoms with E-state index in [2.05, 4.69) is 38.2 Å². The van der Waals surface area contributed by atoms with Gasteiger partial charge in [-0.15, -0.1) is 0 Å². The van der Waals surface area contributed by atoms with Crippen LogP contribution in [0.2, 0.25) is 0 Å². The van der Waals surface area contributed by atoms with Crippen LogP contribution in [0.5, 0.6) is 0 Å².